The first-order chi connectivity index (χ1) is 8.49. The van der Waals surface area contributed by atoms with Crippen molar-refractivity contribution in [3.8, 4) is 0 Å². The minimum Gasteiger partial charge on any atom is -0.375 e. The van der Waals surface area contributed by atoms with Crippen molar-refractivity contribution in [2.75, 3.05) is 5.32 Å². The lowest BCUT2D eigenvalue weighted by molar-refractivity contribution is -0.115. The molecule has 1 aromatic rings. The maximum atomic E-state index is 11.7. The Morgan fingerprint density at radius 1 is 1.44 bits per heavy atom. The Labute approximate surface area is 111 Å². The number of carbonyl (C=O) groups is 1. The maximum Gasteiger partial charge on any atom is 0.230 e. The van der Waals surface area contributed by atoms with Crippen molar-refractivity contribution in [3.63, 3.8) is 0 Å². The lowest BCUT2D eigenvalue weighted by Gasteiger charge is -2.07. The fraction of sp³-hybridized carbons (Fsp3) is 0.250. The van der Waals surface area contributed by atoms with Crippen LogP contribution in [0, 0.1) is 6.92 Å². The average Bonchev–Trinajstić information content (AvgIpc) is 2.29. The third-order valence-corrected chi connectivity index (χ3v) is 2.28. The van der Waals surface area contributed by atoms with Crippen molar-refractivity contribution in [2.45, 2.75) is 20.3 Å². The summed E-state index contributed by atoms with van der Waals surface area (Å²) in [7, 11) is 0. The van der Waals surface area contributed by atoms with Crippen LogP contribution in [0.25, 0.3) is 0 Å². The summed E-state index contributed by atoms with van der Waals surface area (Å²) < 4.78 is 0. The molecule has 0 spiro atoms. The summed E-state index contributed by atoms with van der Waals surface area (Å²) in [6.07, 6.45) is 0.184. The van der Waals surface area contributed by atoms with Gasteiger partial charge in [-0.3, -0.25) is 10.2 Å². The van der Waals surface area contributed by atoms with E-state index in [1.54, 1.807) is 6.92 Å². The summed E-state index contributed by atoms with van der Waals surface area (Å²) in [6.45, 7) is 3.66. The summed E-state index contributed by atoms with van der Waals surface area (Å²) in [5.74, 6) is -0.129. The molecule has 96 valence electrons. The van der Waals surface area contributed by atoms with Crippen molar-refractivity contribution < 1.29 is 4.79 Å². The van der Waals surface area contributed by atoms with Crippen LogP contribution in [0.15, 0.2) is 29.4 Å². The Kier molecular flexibility index (Phi) is 5.26. The molecule has 0 aliphatic rings. The van der Waals surface area contributed by atoms with Gasteiger partial charge in [0.1, 0.15) is 0 Å². The Morgan fingerprint density at radius 3 is 2.72 bits per heavy atom. The van der Waals surface area contributed by atoms with Crippen LogP contribution in [0.1, 0.15) is 18.9 Å². The Bertz CT molecular complexity index is 485. The summed E-state index contributed by atoms with van der Waals surface area (Å²) in [5.41, 5.74) is 10.1. The maximum absolute atomic E-state index is 11.7. The number of rotatable bonds is 4. The highest BCUT2D eigenvalue weighted by Gasteiger charge is 2.05. The zero-order chi connectivity index (χ0) is 13.5. The van der Waals surface area contributed by atoms with Gasteiger partial charge in [0.15, 0.2) is 5.11 Å². The molecule has 0 saturated heterocycles. The number of nitrogens with zero attached hydrogens (tertiary/aromatic N) is 1. The molecule has 1 rings (SSSR count). The summed E-state index contributed by atoms with van der Waals surface area (Å²) in [4.78, 5) is 11.7. The van der Waals surface area contributed by atoms with E-state index in [0.717, 1.165) is 11.3 Å². The molecule has 0 bridgehead atoms. The van der Waals surface area contributed by atoms with Crippen LogP contribution in [-0.4, -0.2) is 16.7 Å². The smallest absolute Gasteiger partial charge is 0.230 e. The number of benzene rings is 1. The molecule has 0 unspecified atom stereocenters. The first-order valence-corrected chi connectivity index (χ1v) is 5.84. The molecule has 0 atom stereocenters. The van der Waals surface area contributed by atoms with E-state index in [2.05, 4.69) is 28.1 Å². The number of anilines is 1. The van der Waals surface area contributed by atoms with Crippen LogP contribution >= 0.6 is 12.2 Å². The number of nitrogens with one attached hydrogen (secondary N) is 2. The van der Waals surface area contributed by atoms with Crippen LogP contribution in [0.4, 0.5) is 5.69 Å². The Morgan fingerprint density at radius 2 is 2.11 bits per heavy atom. The van der Waals surface area contributed by atoms with E-state index in [9.17, 15) is 4.79 Å². The van der Waals surface area contributed by atoms with Crippen molar-refractivity contribution in [1.82, 2.24) is 5.43 Å². The number of thiocarbonyl (C=S) groups is 1. The number of aryl methyl sites for hydroxylation is 1. The predicted molar refractivity (Wildman–Crippen MR) is 77.5 cm³/mol. The van der Waals surface area contributed by atoms with E-state index in [4.69, 9.17) is 5.73 Å². The van der Waals surface area contributed by atoms with Crippen molar-refractivity contribution in [1.29, 1.82) is 0 Å². The van der Waals surface area contributed by atoms with Crippen LogP contribution in [-0.2, 0) is 4.79 Å². The van der Waals surface area contributed by atoms with Gasteiger partial charge in [0, 0.05) is 11.4 Å². The highest BCUT2D eigenvalue weighted by atomic mass is 32.1. The number of nitrogens with two attached hydrogens (primary N) is 1. The monoisotopic (exact) mass is 264 g/mol. The van der Waals surface area contributed by atoms with Gasteiger partial charge < -0.3 is 11.1 Å². The molecule has 1 amide bonds. The largest absolute Gasteiger partial charge is 0.375 e. The zero-order valence-corrected chi connectivity index (χ0v) is 11.2. The van der Waals surface area contributed by atoms with E-state index in [1.807, 2.05) is 31.2 Å². The van der Waals surface area contributed by atoms with Crippen LogP contribution in [0.2, 0.25) is 0 Å². The molecule has 0 fully saturated rings. The minimum atomic E-state index is -0.129. The lowest BCUT2D eigenvalue weighted by Crippen LogP contribution is -2.26. The van der Waals surface area contributed by atoms with Crippen molar-refractivity contribution in [2.24, 2.45) is 10.8 Å². The van der Waals surface area contributed by atoms with E-state index in [1.165, 1.54) is 0 Å². The summed E-state index contributed by atoms with van der Waals surface area (Å²) in [6, 6.07) is 7.58. The molecule has 0 aliphatic heterocycles. The molecule has 0 saturated carbocycles. The lowest BCUT2D eigenvalue weighted by atomic mass is 10.2. The van der Waals surface area contributed by atoms with Gasteiger partial charge in [0.25, 0.3) is 0 Å². The fourth-order valence-electron chi connectivity index (χ4n) is 1.33. The number of amides is 1. The minimum absolute atomic E-state index is 0.0775. The van der Waals surface area contributed by atoms with Crippen LogP contribution < -0.4 is 16.5 Å². The molecule has 1 aromatic carbocycles. The van der Waals surface area contributed by atoms with Crippen LogP contribution in [0.3, 0.4) is 0 Å². The second kappa shape index (κ2) is 6.70. The zero-order valence-electron chi connectivity index (χ0n) is 10.4. The number of para-hydroxylation sites is 1. The molecule has 0 aromatic heterocycles. The van der Waals surface area contributed by atoms with Gasteiger partial charge in [0.05, 0.1) is 6.42 Å². The standard InChI is InChI=1S/C12H16N4OS/c1-8-5-3-4-6-10(8)14-11(17)7-9(2)15-16-12(13)18/h3-6H,7H2,1-2H3,(H,14,17)(H3,13,16,18)/b15-9+. The normalized spacial score (nSPS) is 10.9. The number of carbonyl (C=O) groups excluding carboxylic acids is 1. The SMILES string of the molecule is C/C(CC(=O)Nc1ccccc1C)=N\NC(N)=S. The quantitative estimate of drug-likeness (QED) is 0.438. The van der Waals surface area contributed by atoms with Gasteiger partial charge in [-0.15, -0.1) is 0 Å². The first-order valence-electron chi connectivity index (χ1n) is 5.43. The van der Waals surface area contributed by atoms with Gasteiger partial charge in [0.2, 0.25) is 5.91 Å². The Balaban J connectivity index is 2.55. The van der Waals surface area contributed by atoms with Gasteiger partial charge in [-0.1, -0.05) is 18.2 Å². The molecule has 0 heterocycles. The van der Waals surface area contributed by atoms with Gasteiger partial charge in [-0.25, -0.2) is 0 Å². The number of hydrogen-bond acceptors (Lipinski definition) is 3. The molecular weight excluding hydrogens is 248 g/mol. The number of hydrazone groups is 1. The van der Waals surface area contributed by atoms with Gasteiger partial charge in [-0.05, 0) is 37.7 Å². The third-order valence-electron chi connectivity index (χ3n) is 2.19. The van der Waals surface area contributed by atoms with E-state index in [-0.39, 0.29) is 17.4 Å². The summed E-state index contributed by atoms with van der Waals surface area (Å²) in [5, 5.41) is 6.76. The first kappa shape index (κ1) is 14.1. The third kappa shape index (κ3) is 4.92. The highest BCUT2D eigenvalue weighted by molar-refractivity contribution is 7.80. The van der Waals surface area contributed by atoms with Crippen molar-refractivity contribution in [3.05, 3.63) is 29.8 Å². The van der Waals surface area contributed by atoms with Gasteiger partial charge in [-0.2, -0.15) is 5.10 Å². The van der Waals surface area contributed by atoms with E-state index < -0.39 is 0 Å². The molecule has 5 nitrogen and oxygen atoms in total. The van der Waals surface area contributed by atoms with E-state index in [0.29, 0.717) is 5.71 Å². The fourth-order valence-corrected chi connectivity index (χ4v) is 1.38. The number of hydrogen-bond donors (Lipinski definition) is 3. The molecule has 6 heteroatoms. The topological polar surface area (TPSA) is 79.5 Å². The molecule has 4 N–H and O–H groups in total. The highest BCUT2D eigenvalue weighted by Crippen LogP contribution is 2.13. The summed E-state index contributed by atoms with van der Waals surface area (Å²) >= 11 is 4.61. The predicted octanol–water partition coefficient (Wildman–Crippen LogP) is 1.53. The molecule has 0 aliphatic carbocycles. The van der Waals surface area contributed by atoms with Gasteiger partial charge >= 0.3 is 0 Å². The molecular formula is C12H16N4OS. The Hall–Kier alpha value is -1.95. The van der Waals surface area contributed by atoms with E-state index >= 15 is 0 Å². The van der Waals surface area contributed by atoms with Crippen LogP contribution in [0.5, 0.6) is 0 Å². The van der Waals surface area contributed by atoms with Crippen molar-refractivity contribution >= 4 is 34.6 Å². The second-order valence-corrected chi connectivity index (χ2v) is 4.30. The molecule has 0 radical (unpaired) electrons. The average molecular weight is 264 g/mol. The second-order valence-electron chi connectivity index (χ2n) is 3.86. The molecule has 18 heavy (non-hydrogen) atoms.